The van der Waals surface area contributed by atoms with Crippen LogP contribution in [0, 0.1) is 5.41 Å². The highest BCUT2D eigenvalue weighted by molar-refractivity contribution is 7.07. The number of thiophene rings is 1. The molecule has 4 heteroatoms. The van der Waals surface area contributed by atoms with Gasteiger partial charge < -0.3 is 10.6 Å². The number of carbonyl (C=O) groups is 1. The van der Waals surface area contributed by atoms with Gasteiger partial charge in [-0.25, -0.2) is 0 Å². The molecule has 102 valence electrons. The maximum absolute atomic E-state index is 12.3. The fraction of sp³-hybridized carbons (Fsp3) is 0.643. The van der Waals surface area contributed by atoms with Crippen LogP contribution < -0.4 is 5.73 Å². The topological polar surface area (TPSA) is 46.3 Å². The number of nitrogens with two attached hydrogens (primary N) is 1. The van der Waals surface area contributed by atoms with Gasteiger partial charge in [-0.3, -0.25) is 4.79 Å². The molecule has 0 saturated carbocycles. The zero-order chi connectivity index (χ0) is 13.6. The van der Waals surface area contributed by atoms with Crippen molar-refractivity contribution in [2.45, 2.75) is 33.6 Å². The summed E-state index contributed by atoms with van der Waals surface area (Å²) in [6.07, 6.45) is 1.49. The van der Waals surface area contributed by atoms with Crippen molar-refractivity contribution >= 4 is 17.2 Å². The van der Waals surface area contributed by atoms with E-state index in [9.17, 15) is 4.79 Å². The van der Waals surface area contributed by atoms with Gasteiger partial charge in [0.1, 0.15) is 0 Å². The van der Waals surface area contributed by atoms with Crippen molar-refractivity contribution in [3.8, 4) is 0 Å². The second-order valence-corrected chi connectivity index (χ2v) is 6.27. The summed E-state index contributed by atoms with van der Waals surface area (Å²) in [5.74, 6) is 0.205. The van der Waals surface area contributed by atoms with Gasteiger partial charge in [-0.2, -0.15) is 11.3 Å². The van der Waals surface area contributed by atoms with Crippen molar-refractivity contribution < 1.29 is 4.79 Å². The SMILES string of the molecule is CCCN(CC(C)(C)CN)C(=O)Cc1ccsc1. The Balaban J connectivity index is 2.63. The van der Waals surface area contributed by atoms with Crippen LogP contribution in [0.4, 0.5) is 0 Å². The van der Waals surface area contributed by atoms with Crippen molar-refractivity contribution in [1.29, 1.82) is 0 Å². The minimum atomic E-state index is -0.0144. The molecule has 0 aliphatic heterocycles. The predicted octanol–water partition coefficient (Wildman–Crippen LogP) is 2.51. The highest BCUT2D eigenvalue weighted by Gasteiger charge is 2.23. The molecule has 1 amide bonds. The molecule has 1 aromatic heterocycles. The molecule has 0 saturated heterocycles. The molecule has 0 bridgehead atoms. The summed E-state index contributed by atoms with van der Waals surface area (Å²) in [4.78, 5) is 14.2. The Bertz CT molecular complexity index is 360. The van der Waals surface area contributed by atoms with Crippen LogP contribution in [0.3, 0.4) is 0 Å². The molecule has 1 heterocycles. The van der Waals surface area contributed by atoms with E-state index in [-0.39, 0.29) is 11.3 Å². The molecular formula is C14H24N2OS. The summed E-state index contributed by atoms with van der Waals surface area (Å²) < 4.78 is 0. The predicted molar refractivity (Wildman–Crippen MR) is 77.7 cm³/mol. The average Bonchev–Trinajstić information content (AvgIpc) is 2.81. The number of rotatable bonds is 7. The summed E-state index contributed by atoms with van der Waals surface area (Å²) in [7, 11) is 0. The number of hydrogen-bond donors (Lipinski definition) is 1. The largest absolute Gasteiger partial charge is 0.342 e. The van der Waals surface area contributed by atoms with E-state index < -0.39 is 0 Å². The summed E-state index contributed by atoms with van der Waals surface area (Å²) in [5, 5.41) is 4.05. The van der Waals surface area contributed by atoms with E-state index in [1.54, 1.807) is 11.3 Å². The number of amides is 1. The van der Waals surface area contributed by atoms with E-state index in [2.05, 4.69) is 20.8 Å². The Hall–Kier alpha value is -0.870. The normalized spacial score (nSPS) is 11.6. The van der Waals surface area contributed by atoms with Crippen LogP contribution in [0.15, 0.2) is 16.8 Å². The zero-order valence-corrected chi connectivity index (χ0v) is 12.4. The smallest absolute Gasteiger partial charge is 0.227 e. The first-order chi connectivity index (χ1) is 8.48. The zero-order valence-electron chi connectivity index (χ0n) is 11.6. The first-order valence-electron chi connectivity index (χ1n) is 6.47. The lowest BCUT2D eigenvalue weighted by molar-refractivity contribution is -0.131. The molecule has 18 heavy (non-hydrogen) atoms. The van der Waals surface area contributed by atoms with Crippen molar-refractivity contribution in [3.63, 3.8) is 0 Å². The van der Waals surface area contributed by atoms with E-state index in [0.717, 1.165) is 25.1 Å². The van der Waals surface area contributed by atoms with Gasteiger partial charge in [0.05, 0.1) is 6.42 Å². The highest BCUT2D eigenvalue weighted by atomic mass is 32.1. The lowest BCUT2D eigenvalue weighted by Gasteiger charge is -2.31. The van der Waals surface area contributed by atoms with Gasteiger partial charge in [-0.15, -0.1) is 0 Å². The molecule has 2 N–H and O–H groups in total. The minimum Gasteiger partial charge on any atom is -0.342 e. The van der Waals surface area contributed by atoms with Crippen molar-refractivity contribution in [1.82, 2.24) is 4.90 Å². The Labute approximate surface area is 114 Å². The molecular weight excluding hydrogens is 244 g/mol. The molecule has 0 aliphatic rings. The fourth-order valence-corrected chi connectivity index (χ4v) is 2.49. The van der Waals surface area contributed by atoms with Crippen LogP contribution in [0.5, 0.6) is 0 Å². The average molecular weight is 268 g/mol. The van der Waals surface area contributed by atoms with Crippen LogP contribution >= 0.6 is 11.3 Å². The Morgan fingerprint density at radius 2 is 2.22 bits per heavy atom. The standard InChI is InChI=1S/C14H24N2OS/c1-4-6-16(11-14(2,3)10-15)13(17)8-12-5-7-18-9-12/h5,7,9H,4,6,8,10-11,15H2,1-3H3. The third kappa shape index (κ3) is 4.78. The first-order valence-corrected chi connectivity index (χ1v) is 7.41. The number of hydrogen-bond acceptors (Lipinski definition) is 3. The van der Waals surface area contributed by atoms with Crippen LogP contribution in [-0.4, -0.2) is 30.4 Å². The number of nitrogens with zero attached hydrogens (tertiary/aromatic N) is 1. The maximum Gasteiger partial charge on any atom is 0.227 e. The molecule has 0 unspecified atom stereocenters. The highest BCUT2D eigenvalue weighted by Crippen LogP contribution is 2.17. The number of carbonyl (C=O) groups excluding carboxylic acids is 1. The van der Waals surface area contributed by atoms with E-state index in [1.165, 1.54) is 0 Å². The Kier molecular flexibility index (Phi) is 5.82. The second kappa shape index (κ2) is 6.90. The molecule has 0 aromatic carbocycles. The summed E-state index contributed by atoms with van der Waals surface area (Å²) in [6.45, 7) is 8.45. The molecule has 3 nitrogen and oxygen atoms in total. The summed E-state index contributed by atoms with van der Waals surface area (Å²) in [6, 6.07) is 2.01. The molecule has 1 aromatic rings. The molecule has 0 radical (unpaired) electrons. The second-order valence-electron chi connectivity index (χ2n) is 5.49. The fourth-order valence-electron chi connectivity index (χ4n) is 1.82. The Morgan fingerprint density at radius 1 is 1.50 bits per heavy atom. The van der Waals surface area contributed by atoms with Crippen molar-refractivity contribution in [2.24, 2.45) is 11.1 Å². The van der Waals surface area contributed by atoms with E-state index >= 15 is 0 Å². The lowest BCUT2D eigenvalue weighted by atomic mass is 9.93. The molecule has 0 atom stereocenters. The van der Waals surface area contributed by atoms with Gasteiger partial charge in [0, 0.05) is 13.1 Å². The molecule has 1 rings (SSSR count). The van der Waals surface area contributed by atoms with Gasteiger partial charge in [-0.1, -0.05) is 20.8 Å². The van der Waals surface area contributed by atoms with Gasteiger partial charge >= 0.3 is 0 Å². The van der Waals surface area contributed by atoms with Gasteiger partial charge in [0.2, 0.25) is 5.91 Å². The van der Waals surface area contributed by atoms with Crippen LogP contribution in [0.1, 0.15) is 32.8 Å². The molecule has 0 spiro atoms. The van der Waals surface area contributed by atoms with Crippen LogP contribution in [0.2, 0.25) is 0 Å². The van der Waals surface area contributed by atoms with Crippen molar-refractivity contribution in [3.05, 3.63) is 22.4 Å². The van der Waals surface area contributed by atoms with E-state index in [1.807, 2.05) is 21.7 Å². The maximum atomic E-state index is 12.3. The van der Waals surface area contributed by atoms with E-state index in [0.29, 0.717) is 13.0 Å². The first kappa shape index (κ1) is 15.2. The summed E-state index contributed by atoms with van der Waals surface area (Å²) in [5.41, 5.74) is 6.84. The van der Waals surface area contributed by atoms with Gasteiger partial charge in [0.25, 0.3) is 0 Å². The molecule has 0 fully saturated rings. The van der Waals surface area contributed by atoms with Crippen LogP contribution in [0.25, 0.3) is 0 Å². The minimum absolute atomic E-state index is 0.0144. The van der Waals surface area contributed by atoms with Crippen LogP contribution in [-0.2, 0) is 11.2 Å². The van der Waals surface area contributed by atoms with E-state index in [4.69, 9.17) is 5.73 Å². The molecule has 0 aliphatic carbocycles. The van der Waals surface area contributed by atoms with Gasteiger partial charge in [-0.05, 0) is 40.8 Å². The third-order valence-electron chi connectivity index (χ3n) is 2.95. The quantitative estimate of drug-likeness (QED) is 0.826. The lowest BCUT2D eigenvalue weighted by Crippen LogP contribution is -2.43. The summed E-state index contributed by atoms with van der Waals surface area (Å²) >= 11 is 1.63. The third-order valence-corrected chi connectivity index (χ3v) is 3.69. The Morgan fingerprint density at radius 3 is 2.72 bits per heavy atom. The van der Waals surface area contributed by atoms with Crippen molar-refractivity contribution in [2.75, 3.05) is 19.6 Å². The monoisotopic (exact) mass is 268 g/mol. The van der Waals surface area contributed by atoms with Gasteiger partial charge in [0.15, 0.2) is 0 Å².